The molecule has 0 saturated heterocycles. The van der Waals surface area contributed by atoms with Crippen molar-refractivity contribution in [2.75, 3.05) is 46.8 Å². The standard InChI is InChI=1S/C22H26F3N3O5/c1-28(13-21(30)27-16-8-6-5-7-15(16)22(23,24)25)12-20(29)26-11-14-9-18(32-3)19(33-4)10-17(14)31-2/h5-10H,11-13H2,1-4H3,(H,26,29)(H,27,30). The Morgan fingerprint density at radius 2 is 1.48 bits per heavy atom. The zero-order chi connectivity index (χ0) is 24.6. The molecule has 0 saturated carbocycles. The molecule has 8 nitrogen and oxygen atoms in total. The molecule has 2 amide bonds. The Morgan fingerprint density at radius 3 is 2.09 bits per heavy atom. The van der Waals surface area contributed by atoms with Crippen LogP contribution in [0, 0.1) is 0 Å². The van der Waals surface area contributed by atoms with Crippen LogP contribution in [-0.2, 0) is 22.3 Å². The van der Waals surface area contributed by atoms with Gasteiger partial charge in [0.15, 0.2) is 11.5 Å². The van der Waals surface area contributed by atoms with Gasteiger partial charge in [-0.2, -0.15) is 13.2 Å². The van der Waals surface area contributed by atoms with Gasteiger partial charge in [-0.25, -0.2) is 0 Å². The predicted octanol–water partition coefficient (Wildman–Crippen LogP) is 2.92. The number of amides is 2. The number of ether oxygens (including phenoxy) is 3. The molecule has 0 spiro atoms. The molecule has 0 heterocycles. The molecule has 0 bridgehead atoms. The van der Waals surface area contributed by atoms with Crippen LogP contribution in [0.15, 0.2) is 36.4 Å². The first-order valence-electron chi connectivity index (χ1n) is 9.79. The number of halogens is 3. The van der Waals surface area contributed by atoms with Crippen LogP contribution in [0.1, 0.15) is 11.1 Å². The average molecular weight is 469 g/mol. The molecule has 0 aliphatic heterocycles. The van der Waals surface area contributed by atoms with E-state index in [1.165, 1.54) is 51.5 Å². The maximum Gasteiger partial charge on any atom is 0.418 e. The van der Waals surface area contributed by atoms with E-state index in [0.29, 0.717) is 22.8 Å². The van der Waals surface area contributed by atoms with Gasteiger partial charge in [0.05, 0.1) is 45.7 Å². The summed E-state index contributed by atoms with van der Waals surface area (Å²) in [5.74, 6) is 0.364. The van der Waals surface area contributed by atoms with Crippen LogP contribution >= 0.6 is 0 Å². The quantitative estimate of drug-likeness (QED) is 0.556. The molecule has 0 aromatic heterocycles. The molecule has 2 N–H and O–H groups in total. The summed E-state index contributed by atoms with van der Waals surface area (Å²) >= 11 is 0. The summed E-state index contributed by atoms with van der Waals surface area (Å²) in [5, 5.41) is 4.95. The van der Waals surface area contributed by atoms with E-state index in [1.54, 1.807) is 12.1 Å². The zero-order valence-corrected chi connectivity index (χ0v) is 18.7. The van der Waals surface area contributed by atoms with Gasteiger partial charge in [0.1, 0.15) is 5.75 Å². The number of hydrogen-bond donors (Lipinski definition) is 2. The van der Waals surface area contributed by atoms with Crippen LogP contribution in [0.2, 0.25) is 0 Å². The number of benzene rings is 2. The summed E-state index contributed by atoms with van der Waals surface area (Å²) in [5.41, 5.74) is -0.635. The van der Waals surface area contributed by atoms with Gasteiger partial charge in [0.2, 0.25) is 11.8 Å². The van der Waals surface area contributed by atoms with Crippen molar-refractivity contribution in [2.24, 2.45) is 0 Å². The Kier molecular flexibility index (Phi) is 8.92. The lowest BCUT2D eigenvalue weighted by Gasteiger charge is -2.18. The van der Waals surface area contributed by atoms with Crippen LogP contribution in [0.5, 0.6) is 17.2 Å². The van der Waals surface area contributed by atoms with Crippen molar-refractivity contribution in [3.8, 4) is 17.2 Å². The average Bonchev–Trinajstić information content (AvgIpc) is 2.76. The molecule has 2 aromatic carbocycles. The molecule has 0 fully saturated rings. The van der Waals surface area contributed by atoms with Gasteiger partial charge in [-0.15, -0.1) is 0 Å². The summed E-state index contributed by atoms with van der Waals surface area (Å²) in [4.78, 5) is 25.9. The molecule has 0 atom stereocenters. The van der Waals surface area contributed by atoms with Crippen LogP contribution < -0.4 is 24.8 Å². The number of anilines is 1. The van der Waals surface area contributed by atoms with E-state index in [-0.39, 0.29) is 25.3 Å². The third-order valence-corrected chi connectivity index (χ3v) is 4.60. The SMILES string of the molecule is COc1cc(OC)c(OC)cc1CNC(=O)CN(C)CC(=O)Nc1ccccc1C(F)(F)F. The van der Waals surface area contributed by atoms with Crippen LogP contribution in [0.25, 0.3) is 0 Å². The highest BCUT2D eigenvalue weighted by Gasteiger charge is 2.33. The first-order chi connectivity index (χ1) is 15.6. The lowest BCUT2D eigenvalue weighted by molar-refractivity contribution is -0.137. The Labute approximate surface area is 189 Å². The summed E-state index contributed by atoms with van der Waals surface area (Å²) in [6.45, 7) is -0.301. The number of methoxy groups -OCH3 is 3. The smallest absolute Gasteiger partial charge is 0.418 e. The minimum Gasteiger partial charge on any atom is -0.496 e. The van der Waals surface area contributed by atoms with E-state index in [2.05, 4.69) is 10.6 Å². The maximum absolute atomic E-state index is 13.1. The van der Waals surface area contributed by atoms with Crippen molar-refractivity contribution in [1.82, 2.24) is 10.2 Å². The number of likely N-dealkylation sites (N-methyl/N-ethyl adjacent to an activating group) is 1. The number of nitrogens with one attached hydrogen (secondary N) is 2. The summed E-state index contributed by atoms with van der Waals surface area (Å²) in [6.07, 6.45) is -4.60. The first-order valence-corrected chi connectivity index (χ1v) is 9.79. The van der Waals surface area contributed by atoms with E-state index in [1.807, 2.05) is 0 Å². The van der Waals surface area contributed by atoms with E-state index >= 15 is 0 Å². The lowest BCUT2D eigenvalue weighted by Crippen LogP contribution is -2.38. The molecule has 0 aliphatic carbocycles. The van der Waals surface area contributed by atoms with E-state index in [4.69, 9.17) is 14.2 Å². The van der Waals surface area contributed by atoms with Gasteiger partial charge in [0.25, 0.3) is 0 Å². The largest absolute Gasteiger partial charge is 0.496 e. The first kappa shape index (κ1) is 25.8. The minimum absolute atomic E-state index is 0.126. The van der Waals surface area contributed by atoms with Crippen LogP contribution in [-0.4, -0.2) is 58.2 Å². The summed E-state index contributed by atoms with van der Waals surface area (Å²) in [7, 11) is 5.97. The van der Waals surface area contributed by atoms with Crippen molar-refractivity contribution < 1.29 is 37.0 Å². The van der Waals surface area contributed by atoms with Gasteiger partial charge < -0.3 is 24.8 Å². The number of hydrogen-bond acceptors (Lipinski definition) is 6. The second kappa shape index (κ2) is 11.4. The molecule has 33 heavy (non-hydrogen) atoms. The molecule has 0 radical (unpaired) electrons. The summed E-state index contributed by atoms with van der Waals surface area (Å²) in [6, 6.07) is 7.99. The van der Waals surface area contributed by atoms with E-state index in [0.717, 1.165) is 6.07 Å². The van der Waals surface area contributed by atoms with Crippen LogP contribution in [0.4, 0.5) is 18.9 Å². The molecule has 11 heteroatoms. The van der Waals surface area contributed by atoms with Gasteiger partial charge in [-0.3, -0.25) is 14.5 Å². The molecular formula is C22H26F3N3O5. The number of para-hydroxylation sites is 1. The fourth-order valence-corrected chi connectivity index (χ4v) is 3.06. The van der Waals surface area contributed by atoms with E-state index in [9.17, 15) is 22.8 Å². The Balaban J connectivity index is 1.92. The maximum atomic E-state index is 13.1. The Bertz CT molecular complexity index is 982. The van der Waals surface area contributed by atoms with Gasteiger partial charge in [-0.05, 0) is 25.2 Å². The molecular weight excluding hydrogens is 443 g/mol. The highest BCUT2D eigenvalue weighted by atomic mass is 19.4. The lowest BCUT2D eigenvalue weighted by atomic mass is 10.1. The number of nitrogens with zero attached hydrogens (tertiary/aromatic N) is 1. The second-order valence-electron chi connectivity index (χ2n) is 7.06. The molecule has 2 rings (SSSR count). The third kappa shape index (κ3) is 7.28. The number of rotatable bonds is 10. The highest BCUT2D eigenvalue weighted by molar-refractivity contribution is 5.93. The van der Waals surface area contributed by atoms with Gasteiger partial charge in [-0.1, -0.05) is 12.1 Å². The number of carbonyl (C=O) groups is 2. The van der Waals surface area contributed by atoms with Crippen molar-refractivity contribution in [3.05, 3.63) is 47.5 Å². The van der Waals surface area contributed by atoms with Crippen molar-refractivity contribution in [3.63, 3.8) is 0 Å². The molecule has 0 aliphatic rings. The fourth-order valence-electron chi connectivity index (χ4n) is 3.06. The van der Waals surface area contributed by atoms with Gasteiger partial charge >= 0.3 is 6.18 Å². The topological polar surface area (TPSA) is 89.1 Å². The zero-order valence-electron chi connectivity index (χ0n) is 18.7. The second-order valence-corrected chi connectivity index (χ2v) is 7.06. The third-order valence-electron chi connectivity index (χ3n) is 4.60. The monoisotopic (exact) mass is 469 g/mol. The predicted molar refractivity (Wildman–Crippen MR) is 116 cm³/mol. The van der Waals surface area contributed by atoms with Crippen LogP contribution in [0.3, 0.4) is 0 Å². The fraction of sp³-hybridized carbons (Fsp3) is 0.364. The molecule has 2 aromatic rings. The Hall–Kier alpha value is -3.47. The van der Waals surface area contributed by atoms with Crippen molar-refractivity contribution >= 4 is 17.5 Å². The van der Waals surface area contributed by atoms with E-state index < -0.39 is 23.6 Å². The number of carbonyl (C=O) groups excluding carboxylic acids is 2. The normalized spacial score (nSPS) is 11.2. The highest BCUT2D eigenvalue weighted by Crippen LogP contribution is 2.35. The number of alkyl halides is 3. The molecule has 0 unspecified atom stereocenters. The summed E-state index contributed by atoms with van der Waals surface area (Å²) < 4.78 is 55.0. The minimum atomic E-state index is -4.60. The van der Waals surface area contributed by atoms with Crippen molar-refractivity contribution in [2.45, 2.75) is 12.7 Å². The van der Waals surface area contributed by atoms with Crippen molar-refractivity contribution in [1.29, 1.82) is 0 Å². The molecule has 180 valence electrons. The Morgan fingerprint density at radius 1 is 0.909 bits per heavy atom. The van der Waals surface area contributed by atoms with Gasteiger partial charge in [0, 0.05) is 18.2 Å².